The summed E-state index contributed by atoms with van der Waals surface area (Å²) in [6, 6.07) is 4.98. The Morgan fingerprint density at radius 1 is 1.25 bits per heavy atom. The highest BCUT2D eigenvalue weighted by Crippen LogP contribution is 2.20. The quantitative estimate of drug-likeness (QED) is 0.719. The van der Waals surface area contributed by atoms with E-state index in [0.717, 1.165) is 25.0 Å². The van der Waals surface area contributed by atoms with Crippen LogP contribution in [0.25, 0.3) is 0 Å². The predicted molar refractivity (Wildman–Crippen MR) is 82.4 cm³/mol. The van der Waals surface area contributed by atoms with Gasteiger partial charge in [0, 0.05) is 36.3 Å². The van der Waals surface area contributed by atoms with Gasteiger partial charge >= 0.3 is 6.03 Å². The zero-order valence-electron chi connectivity index (χ0n) is 11.5. The van der Waals surface area contributed by atoms with Gasteiger partial charge in [-0.25, -0.2) is 4.79 Å². The zero-order valence-corrected chi connectivity index (χ0v) is 13.1. The Morgan fingerprint density at radius 2 is 2.05 bits per heavy atom. The molecule has 0 heterocycles. The lowest BCUT2D eigenvalue weighted by Gasteiger charge is -2.09. The predicted octanol–water partition coefficient (Wildman–Crippen LogP) is 3.61. The molecule has 0 atom stereocenters. The highest BCUT2D eigenvalue weighted by Gasteiger charge is 2.04. The third-order valence-electron chi connectivity index (χ3n) is 2.55. The summed E-state index contributed by atoms with van der Waals surface area (Å²) in [4.78, 5) is 11.6. The lowest BCUT2D eigenvalue weighted by atomic mass is 10.2. The Labute approximate surface area is 129 Å². The molecule has 6 heteroatoms. The second kappa shape index (κ2) is 9.86. The summed E-state index contributed by atoms with van der Waals surface area (Å²) in [6.07, 6.45) is 1.81. The van der Waals surface area contributed by atoms with Crippen molar-refractivity contribution in [3.63, 3.8) is 0 Å². The van der Waals surface area contributed by atoms with E-state index in [1.165, 1.54) is 0 Å². The van der Waals surface area contributed by atoms with Gasteiger partial charge in [0.2, 0.25) is 0 Å². The Morgan fingerprint density at radius 3 is 2.75 bits per heavy atom. The number of carbonyl (C=O) groups excluding carboxylic acids is 1. The van der Waals surface area contributed by atoms with Crippen molar-refractivity contribution >= 4 is 29.2 Å². The number of hydrogen-bond acceptors (Lipinski definition) is 2. The summed E-state index contributed by atoms with van der Waals surface area (Å²) in [5, 5.41) is 6.63. The Kier molecular flexibility index (Phi) is 8.42. The number of amides is 2. The first kappa shape index (κ1) is 17.1. The van der Waals surface area contributed by atoms with Gasteiger partial charge in [-0.15, -0.1) is 0 Å². The zero-order chi connectivity index (χ0) is 14.8. The van der Waals surface area contributed by atoms with Crippen LogP contribution in [0.2, 0.25) is 10.0 Å². The molecule has 1 aromatic rings. The van der Waals surface area contributed by atoms with Gasteiger partial charge in [-0.05, 0) is 30.5 Å². The molecule has 0 spiro atoms. The number of ether oxygens (including phenoxy) is 1. The fraction of sp³-hybridized carbons (Fsp3) is 0.500. The third-order valence-corrected chi connectivity index (χ3v) is 3.14. The van der Waals surface area contributed by atoms with Crippen molar-refractivity contribution in [2.24, 2.45) is 0 Å². The Bertz CT molecular complexity index is 428. The van der Waals surface area contributed by atoms with Crippen molar-refractivity contribution in [3.05, 3.63) is 33.8 Å². The third kappa shape index (κ3) is 6.98. The summed E-state index contributed by atoms with van der Waals surface area (Å²) >= 11 is 11.8. The van der Waals surface area contributed by atoms with Crippen LogP contribution in [0.1, 0.15) is 25.3 Å². The molecular weight excluding hydrogens is 299 g/mol. The van der Waals surface area contributed by atoms with Crippen LogP contribution in [-0.4, -0.2) is 25.8 Å². The number of halogens is 2. The van der Waals surface area contributed by atoms with E-state index in [2.05, 4.69) is 17.6 Å². The van der Waals surface area contributed by atoms with E-state index < -0.39 is 0 Å². The van der Waals surface area contributed by atoms with Crippen LogP contribution >= 0.6 is 23.2 Å². The topological polar surface area (TPSA) is 50.4 Å². The number of urea groups is 1. The maximum atomic E-state index is 11.6. The second-order valence-electron chi connectivity index (χ2n) is 4.31. The molecule has 0 aliphatic rings. The number of nitrogens with one attached hydrogen (secondary N) is 2. The summed E-state index contributed by atoms with van der Waals surface area (Å²) in [5.41, 5.74) is 0.831. The molecule has 0 aliphatic carbocycles. The van der Waals surface area contributed by atoms with Gasteiger partial charge in [-0.1, -0.05) is 36.2 Å². The van der Waals surface area contributed by atoms with Crippen molar-refractivity contribution in [1.82, 2.24) is 10.6 Å². The lowest BCUT2D eigenvalue weighted by Crippen LogP contribution is -2.35. The van der Waals surface area contributed by atoms with E-state index in [1.807, 2.05) is 0 Å². The number of rotatable bonds is 8. The van der Waals surface area contributed by atoms with Gasteiger partial charge in [-0.3, -0.25) is 0 Å². The smallest absolute Gasteiger partial charge is 0.315 e. The van der Waals surface area contributed by atoms with Crippen molar-refractivity contribution in [3.8, 4) is 0 Å². The Hall–Kier alpha value is -0.970. The van der Waals surface area contributed by atoms with Gasteiger partial charge in [0.05, 0.1) is 0 Å². The van der Waals surface area contributed by atoms with Crippen LogP contribution < -0.4 is 10.6 Å². The lowest BCUT2D eigenvalue weighted by molar-refractivity contribution is 0.132. The molecule has 0 bridgehead atoms. The van der Waals surface area contributed by atoms with E-state index >= 15 is 0 Å². The van der Waals surface area contributed by atoms with Gasteiger partial charge in [0.15, 0.2) is 0 Å². The van der Waals surface area contributed by atoms with Gasteiger partial charge < -0.3 is 15.4 Å². The van der Waals surface area contributed by atoms with E-state index in [0.29, 0.717) is 29.7 Å². The molecule has 112 valence electrons. The summed E-state index contributed by atoms with van der Waals surface area (Å²) < 4.78 is 5.32. The minimum Gasteiger partial charge on any atom is -0.381 e. The molecule has 0 aliphatic heterocycles. The van der Waals surface area contributed by atoms with E-state index in [1.54, 1.807) is 18.2 Å². The SMILES string of the molecule is CCCOCCCNC(=O)NCc1ccc(Cl)cc1Cl. The van der Waals surface area contributed by atoms with E-state index in [-0.39, 0.29) is 6.03 Å². The van der Waals surface area contributed by atoms with Crippen molar-refractivity contribution in [1.29, 1.82) is 0 Å². The minimum atomic E-state index is -0.216. The van der Waals surface area contributed by atoms with Gasteiger partial charge in [-0.2, -0.15) is 0 Å². The molecule has 1 rings (SSSR count). The van der Waals surface area contributed by atoms with Gasteiger partial charge in [0.25, 0.3) is 0 Å². The minimum absolute atomic E-state index is 0.216. The maximum Gasteiger partial charge on any atom is 0.315 e. The first-order valence-electron chi connectivity index (χ1n) is 6.67. The Balaban J connectivity index is 2.16. The monoisotopic (exact) mass is 318 g/mol. The number of hydrogen-bond donors (Lipinski definition) is 2. The summed E-state index contributed by atoms with van der Waals surface area (Å²) in [6.45, 7) is 4.45. The average Bonchev–Trinajstić information content (AvgIpc) is 2.41. The number of benzene rings is 1. The molecule has 2 N–H and O–H groups in total. The number of carbonyl (C=O) groups is 1. The fourth-order valence-electron chi connectivity index (χ4n) is 1.53. The van der Waals surface area contributed by atoms with Crippen molar-refractivity contribution in [2.45, 2.75) is 26.3 Å². The molecule has 0 radical (unpaired) electrons. The first-order valence-corrected chi connectivity index (χ1v) is 7.42. The normalized spacial score (nSPS) is 10.3. The van der Waals surface area contributed by atoms with Crippen LogP contribution in [-0.2, 0) is 11.3 Å². The van der Waals surface area contributed by atoms with Crippen LogP contribution in [0.15, 0.2) is 18.2 Å². The van der Waals surface area contributed by atoms with Crippen LogP contribution in [0.5, 0.6) is 0 Å². The molecule has 20 heavy (non-hydrogen) atoms. The average molecular weight is 319 g/mol. The molecule has 2 amide bonds. The van der Waals surface area contributed by atoms with Crippen molar-refractivity contribution < 1.29 is 9.53 Å². The molecule has 0 fully saturated rings. The first-order chi connectivity index (χ1) is 9.63. The fourth-order valence-corrected chi connectivity index (χ4v) is 2.00. The molecule has 0 saturated heterocycles. The second-order valence-corrected chi connectivity index (χ2v) is 5.15. The summed E-state index contributed by atoms with van der Waals surface area (Å²) in [5.74, 6) is 0. The standard InChI is InChI=1S/C14H20Cl2N2O2/c1-2-7-20-8-3-6-17-14(19)18-10-11-4-5-12(15)9-13(11)16/h4-5,9H,2-3,6-8,10H2,1H3,(H2,17,18,19). The van der Waals surface area contributed by atoms with E-state index in [9.17, 15) is 4.79 Å². The highest BCUT2D eigenvalue weighted by molar-refractivity contribution is 6.35. The largest absolute Gasteiger partial charge is 0.381 e. The van der Waals surface area contributed by atoms with Crippen LogP contribution in [0, 0.1) is 0 Å². The van der Waals surface area contributed by atoms with Crippen LogP contribution in [0.4, 0.5) is 4.79 Å². The molecular formula is C14H20Cl2N2O2. The van der Waals surface area contributed by atoms with Crippen molar-refractivity contribution in [2.75, 3.05) is 19.8 Å². The van der Waals surface area contributed by atoms with E-state index in [4.69, 9.17) is 27.9 Å². The van der Waals surface area contributed by atoms with Gasteiger partial charge in [0.1, 0.15) is 0 Å². The highest BCUT2D eigenvalue weighted by atomic mass is 35.5. The molecule has 0 aromatic heterocycles. The molecule has 1 aromatic carbocycles. The molecule has 0 unspecified atom stereocenters. The van der Waals surface area contributed by atoms with Crippen LogP contribution in [0.3, 0.4) is 0 Å². The summed E-state index contributed by atoms with van der Waals surface area (Å²) in [7, 11) is 0. The molecule has 0 saturated carbocycles. The maximum absolute atomic E-state index is 11.6. The molecule has 4 nitrogen and oxygen atoms in total.